The summed E-state index contributed by atoms with van der Waals surface area (Å²) in [6, 6.07) is 3.52. The second-order valence-electron chi connectivity index (χ2n) is 5.90. The summed E-state index contributed by atoms with van der Waals surface area (Å²) < 4.78 is 44.1. The summed E-state index contributed by atoms with van der Waals surface area (Å²) in [5.41, 5.74) is -2.38. The zero-order chi connectivity index (χ0) is 16.7. The third-order valence-corrected chi connectivity index (χ3v) is 3.77. The molecule has 1 aliphatic rings. The van der Waals surface area contributed by atoms with Gasteiger partial charge in [-0.05, 0) is 12.5 Å². The van der Waals surface area contributed by atoms with Crippen molar-refractivity contribution in [2.45, 2.75) is 26.4 Å². The summed E-state index contributed by atoms with van der Waals surface area (Å²) in [4.78, 5) is 22.4. The van der Waals surface area contributed by atoms with Crippen molar-refractivity contribution in [3.8, 4) is 5.75 Å². The largest absolute Gasteiger partial charge is 0.492 e. The molecule has 0 N–H and O–H groups in total. The number of hydrogen-bond donors (Lipinski definition) is 0. The molecule has 0 aliphatic carbocycles. The first-order chi connectivity index (χ1) is 10.0. The van der Waals surface area contributed by atoms with Gasteiger partial charge in [0, 0.05) is 12.1 Å². The number of carbonyl (C=O) groups excluding carboxylic acids is 1. The SMILES string of the molecule is CC(C)(C[C@H]1COc2ccc([N+](=O)[O-])cc2C1=O)C(F)(F)F. The van der Waals surface area contributed by atoms with E-state index in [2.05, 4.69) is 0 Å². The lowest BCUT2D eigenvalue weighted by Gasteiger charge is -2.33. The summed E-state index contributed by atoms with van der Waals surface area (Å²) in [5.74, 6) is -1.37. The Hall–Kier alpha value is -2.12. The Morgan fingerprint density at radius 3 is 2.55 bits per heavy atom. The van der Waals surface area contributed by atoms with Gasteiger partial charge in [0.1, 0.15) is 5.75 Å². The molecule has 0 spiro atoms. The molecular formula is C14H14F3NO4. The molecule has 0 radical (unpaired) electrons. The van der Waals surface area contributed by atoms with E-state index in [1.54, 1.807) is 0 Å². The molecule has 8 heteroatoms. The van der Waals surface area contributed by atoms with Crippen molar-refractivity contribution in [3.63, 3.8) is 0 Å². The molecule has 1 aromatic rings. The van der Waals surface area contributed by atoms with E-state index in [9.17, 15) is 28.1 Å². The number of ketones is 1. The number of nitro groups is 1. The second-order valence-corrected chi connectivity index (χ2v) is 5.90. The number of halogens is 3. The first kappa shape index (κ1) is 16.3. The first-order valence-corrected chi connectivity index (χ1v) is 6.55. The third kappa shape index (κ3) is 2.90. The molecule has 0 bridgehead atoms. The van der Waals surface area contributed by atoms with Crippen molar-refractivity contribution in [2.24, 2.45) is 11.3 Å². The average molecular weight is 317 g/mol. The minimum absolute atomic E-state index is 0.0385. The van der Waals surface area contributed by atoms with Crippen LogP contribution in [0.3, 0.4) is 0 Å². The van der Waals surface area contributed by atoms with Crippen LogP contribution in [0.5, 0.6) is 5.75 Å². The van der Waals surface area contributed by atoms with Crippen molar-refractivity contribution >= 4 is 11.5 Å². The minimum atomic E-state index is -4.45. The fourth-order valence-corrected chi connectivity index (χ4v) is 2.32. The molecule has 1 aromatic carbocycles. The molecule has 1 atom stereocenters. The maximum Gasteiger partial charge on any atom is 0.394 e. The molecule has 120 valence electrons. The van der Waals surface area contributed by atoms with E-state index in [0.717, 1.165) is 19.9 Å². The molecule has 0 unspecified atom stereocenters. The van der Waals surface area contributed by atoms with E-state index in [1.165, 1.54) is 12.1 Å². The van der Waals surface area contributed by atoms with Crippen LogP contribution < -0.4 is 4.74 Å². The van der Waals surface area contributed by atoms with E-state index in [-0.39, 0.29) is 23.6 Å². The highest BCUT2D eigenvalue weighted by Crippen LogP contribution is 2.44. The highest BCUT2D eigenvalue weighted by Gasteiger charge is 2.49. The third-order valence-electron chi connectivity index (χ3n) is 3.77. The van der Waals surface area contributed by atoms with Crippen molar-refractivity contribution in [2.75, 3.05) is 6.61 Å². The molecule has 0 aromatic heterocycles. The average Bonchev–Trinajstić information content (AvgIpc) is 2.40. The van der Waals surface area contributed by atoms with E-state index in [1.807, 2.05) is 0 Å². The number of hydrogen-bond acceptors (Lipinski definition) is 4. The number of alkyl halides is 3. The quantitative estimate of drug-likeness (QED) is 0.628. The number of ether oxygens (including phenoxy) is 1. The zero-order valence-electron chi connectivity index (χ0n) is 11.9. The normalized spacial score (nSPS) is 18.6. The van der Waals surface area contributed by atoms with Crippen LogP contribution in [0.1, 0.15) is 30.6 Å². The van der Waals surface area contributed by atoms with Gasteiger partial charge in [0.25, 0.3) is 5.69 Å². The number of nitro benzene ring substituents is 1. The molecular weight excluding hydrogens is 303 g/mol. The minimum Gasteiger partial charge on any atom is -0.492 e. The summed E-state index contributed by atoms with van der Waals surface area (Å²) in [6.07, 6.45) is -4.88. The van der Waals surface area contributed by atoms with Crippen LogP contribution in [0, 0.1) is 21.4 Å². The number of nitrogens with zero attached hydrogens (tertiary/aromatic N) is 1. The van der Waals surface area contributed by atoms with Crippen LogP contribution in [-0.4, -0.2) is 23.5 Å². The highest BCUT2D eigenvalue weighted by atomic mass is 19.4. The number of benzene rings is 1. The summed E-state index contributed by atoms with van der Waals surface area (Å²) in [7, 11) is 0. The topological polar surface area (TPSA) is 69.4 Å². The van der Waals surface area contributed by atoms with E-state index < -0.39 is 34.6 Å². The smallest absolute Gasteiger partial charge is 0.394 e. The summed E-state index contributed by atoms with van der Waals surface area (Å²) in [6.45, 7) is 1.87. The van der Waals surface area contributed by atoms with Gasteiger partial charge in [-0.25, -0.2) is 0 Å². The van der Waals surface area contributed by atoms with Crippen LogP contribution in [0.4, 0.5) is 18.9 Å². The standard InChI is InChI=1S/C14H14F3NO4/c1-13(2,14(15,16)17)6-8-7-22-11-4-3-9(18(20)21)5-10(11)12(8)19/h3-5,8H,6-7H2,1-2H3/t8-/m0/s1. The van der Waals surface area contributed by atoms with Gasteiger partial charge in [0.05, 0.1) is 28.4 Å². The fourth-order valence-electron chi connectivity index (χ4n) is 2.32. The molecule has 0 saturated carbocycles. The van der Waals surface area contributed by atoms with Gasteiger partial charge >= 0.3 is 6.18 Å². The van der Waals surface area contributed by atoms with Crippen molar-refractivity contribution < 1.29 is 27.6 Å². The van der Waals surface area contributed by atoms with Gasteiger partial charge in [0.2, 0.25) is 0 Å². The predicted octanol–water partition coefficient (Wildman–Crippen LogP) is 3.76. The molecule has 22 heavy (non-hydrogen) atoms. The van der Waals surface area contributed by atoms with Crippen molar-refractivity contribution in [3.05, 3.63) is 33.9 Å². The van der Waals surface area contributed by atoms with Crippen molar-refractivity contribution in [1.29, 1.82) is 0 Å². The number of rotatable bonds is 3. The van der Waals surface area contributed by atoms with E-state index in [0.29, 0.717) is 0 Å². The molecule has 1 heterocycles. The lowest BCUT2D eigenvalue weighted by molar-refractivity contribution is -0.384. The molecule has 5 nitrogen and oxygen atoms in total. The van der Waals surface area contributed by atoms with Gasteiger partial charge < -0.3 is 4.74 Å². The number of carbonyl (C=O) groups is 1. The van der Waals surface area contributed by atoms with Gasteiger partial charge in [-0.2, -0.15) is 13.2 Å². The Morgan fingerprint density at radius 1 is 1.36 bits per heavy atom. The zero-order valence-corrected chi connectivity index (χ0v) is 11.9. The molecule has 2 rings (SSSR count). The predicted molar refractivity (Wildman–Crippen MR) is 70.9 cm³/mol. The molecule has 0 saturated heterocycles. The lowest BCUT2D eigenvalue weighted by atomic mass is 9.78. The highest BCUT2D eigenvalue weighted by molar-refractivity contribution is 6.01. The fraction of sp³-hybridized carbons (Fsp3) is 0.500. The molecule has 0 amide bonds. The van der Waals surface area contributed by atoms with Crippen LogP contribution >= 0.6 is 0 Å². The second kappa shape index (κ2) is 5.26. The Kier molecular flexibility index (Phi) is 3.88. The Balaban J connectivity index is 2.28. The Bertz CT molecular complexity index is 625. The van der Waals surface area contributed by atoms with E-state index in [4.69, 9.17) is 4.74 Å². The van der Waals surface area contributed by atoms with Crippen LogP contribution in [0.15, 0.2) is 18.2 Å². The summed E-state index contributed by atoms with van der Waals surface area (Å²) >= 11 is 0. The van der Waals surface area contributed by atoms with Crippen LogP contribution in [-0.2, 0) is 0 Å². The first-order valence-electron chi connectivity index (χ1n) is 6.55. The lowest BCUT2D eigenvalue weighted by Crippen LogP contribution is -2.39. The van der Waals surface area contributed by atoms with Gasteiger partial charge in [-0.1, -0.05) is 13.8 Å². The van der Waals surface area contributed by atoms with Gasteiger partial charge in [0.15, 0.2) is 5.78 Å². The summed E-state index contributed by atoms with van der Waals surface area (Å²) in [5, 5.41) is 10.7. The van der Waals surface area contributed by atoms with Gasteiger partial charge in [-0.15, -0.1) is 0 Å². The van der Waals surface area contributed by atoms with Gasteiger partial charge in [-0.3, -0.25) is 14.9 Å². The number of Topliss-reactive ketones (excluding diaryl/α,β-unsaturated/α-hetero) is 1. The van der Waals surface area contributed by atoms with Crippen LogP contribution in [0.2, 0.25) is 0 Å². The monoisotopic (exact) mass is 317 g/mol. The molecule has 1 aliphatic heterocycles. The number of fused-ring (bicyclic) bond motifs is 1. The van der Waals surface area contributed by atoms with Crippen molar-refractivity contribution in [1.82, 2.24) is 0 Å². The maximum atomic E-state index is 12.9. The maximum absolute atomic E-state index is 12.9. The number of non-ortho nitro benzene ring substituents is 1. The van der Waals surface area contributed by atoms with E-state index >= 15 is 0 Å². The Labute approximate surface area is 124 Å². The molecule has 0 fully saturated rings. The Morgan fingerprint density at radius 2 is 2.00 bits per heavy atom. The van der Waals surface area contributed by atoms with Crippen LogP contribution in [0.25, 0.3) is 0 Å².